The number of hydrogen-bond acceptors (Lipinski definition) is 5. The molecule has 1 amide bonds. The Balaban J connectivity index is 1.65. The Kier molecular flexibility index (Phi) is 4.81. The minimum Gasteiger partial charge on any atom is -0.493 e. The summed E-state index contributed by atoms with van der Waals surface area (Å²) in [7, 11) is 1.59. The van der Waals surface area contributed by atoms with E-state index in [1.165, 1.54) is 6.33 Å². The highest BCUT2D eigenvalue weighted by atomic mass is 79.9. The molecule has 2 heterocycles. The van der Waals surface area contributed by atoms with Crippen molar-refractivity contribution in [1.82, 2.24) is 14.8 Å². The van der Waals surface area contributed by atoms with Gasteiger partial charge in [0.05, 0.1) is 24.0 Å². The highest BCUT2D eigenvalue weighted by molar-refractivity contribution is 9.10. The van der Waals surface area contributed by atoms with Gasteiger partial charge in [0.15, 0.2) is 11.5 Å². The van der Waals surface area contributed by atoms with Gasteiger partial charge in [-0.05, 0) is 39.2 Å². The molecule has 138 valence electrons. The Morgan fingerprint density at radius 3 is 2.89 bits per heavy atom. The molecule has 1 unspecified atom stereocenters. The number of methoxy groups -OCH3 is 1. The van der Waals surface area contributed by atoms with Crippen molar-refractivity contribution >= 4 is 27.8 Å². The molecule has 0 saturated carbocycles. The van der Waals surface area contributed by atoms with Gasteiger partial charge in [0, 0.05) is 0 Å². The summed E-state index contributed by atoms with van der Waals surface area (Å²) in [5.41, 5.74) is 1.94. The lowest BCUT2D eigenvalue weighted by Crippen LogP contribution is -2.29. The van der Waals surface area contributed by atoms with E-state index < -0.39 is 0 Å². The van der Waals surface area contributed by atoms with Crippen LogP contribution in [0, 0.1) is 0 Å². The van der Waals surface area contributed by atoms with E-state index in [2.05, 4.69) is 31.3 Å². The fraction of sp³-hybridized carbons (Fsp3) is 0.211. The average Bonchev–Trinajstić information content (AvgIpc) is 3.15. The Morgan fingerprint density at radius 1 is 1.30 bits per heavy atom. The number of aromatic nitrogens is 3. The van der Waals surface area contributed by atoms with Crippen LogP contribution in [0.25, 0.3) is 0 Å². The van der Waals surface area contributed by atoms with Crippen LogP contribution in [0.3, 0.4) is 0 Å². The molecule has 1 N–H and O–H groups in total. The van der Waals surface area contributed by atoms with Gasteiger partial charge in [-0.3, -0.25) is 10.1 Å². The number of hydrogen-bond donors (Lipinski definition) is 1. The molecule has 1 atom stereocenters. The fourth-order valence-electron chi connectivity index (χ4n) is 3.07. The van der Waals surface area contributed by atoms with Crippen molar-refractivity contribution in [3.8, 4) is 11.5 Å². The summed E-state index contributed by atoms with van der Waals surface area (Å²) in [5, 5.41) is 6.95. The fourth-order valence-corrected chi connectivity index (χ4v) is 3.64. The predicted octanol–water partition coefficient (Wildman–Crippen LogP) is 3.56. The first kappa shape index (κ1) is 17.5. The second-order valence-electron chi connectivity index (χ2n) is 6.10. The van der Waals surface area contributed by atoms with Crippen molar-refractivity contribution in [2.45, 2.75) is 19.1 Å². The summed E-state index contributed by atoms with van der Waals surface area (Å²) < 4.78 is 14.0. The zero-order chi connectivity index (χ0) is 18.8. The number of anilines is 1. The van der Waals surface area contributed by atoms with E-state index in [-0.39, 0.29) is 18.4 Å². The van der Waals surface area contributed by atoms with E-state index in [0.717, 1.165) is 15.6 Å². The maximum absolute atomic E-state index is 12.0. The molecule has 0 aliphatic carbocycles. The van der Waals surface area contributed by atoms with Crippen LogP contribution in [0.15, 0.2) is 53.3 Å². The van der Waals surface area contributed by atoms with Crippen LogP contribution < -0.4 is 14.8 Å². The molecule has 0 spiro atoms. The number of nitrogens with one attached hydrogen (secondary N) is 1. The second kappa shape index (κ2) is 7.40. The van der Waals surface area contributed by atoms with Gasteiger partial charge < -0.3 is 9.47 Å². The second-order valence-corrected chi connectivity index (χ2v) is 6.96. The zero-order valence-corrected chi connectivity index (χ0v) is 16.1. The predicted molar refractivity (Wildman–Crippen MR) is 103 cm³/mol. The first-order chi connectivity index (χ1) is 13.2. The first-order valence-corrected chi connectivity index (χ1v) is 9.18. The minimum absolute atomic E-state index is 0.0972. The molecule has 0 bridgehead atoms. The van der Waals surface area contributed by atoms with Crippen LogP contribution in [0.2, 0.25) is 0 Å². The van der Waals surface area contributed by atoms with Crippen LogP contribution in [-0.2, 0) is 11.4 Å². The molecule has 3 aromatic rings. The Morgan fingerprint density at radius 2 is 2.11 bits per heavy atom. The first-order valence-electron chi connectivity index (χ1n) is 8.39. The molecule has 0 fully saturated rings. The molecule has 1 aliphatic rings. The number of carbonyl (C=O) groups is 1. The van der Waals surface area contributed by atoms with Crippen molar-refractivity contribution in [3.63, 3.8) is 0 Å². The van der Waals surface area contributed by atoms with Gasteiger partial charge >= 0.3 is 0 Å². The number of halogens is 1. The lowest BCUT2D eigenvalue weighted by molar-refractivity contribution is -0.117. The summed E-state index contributed by atoms with van der Waals surface area (Å²) >= 11 is 3.57. The van der Waals surface area contributed by atoms with E-state index in [1.54, 1.807) is 11.8 Å². The topological polar surface area (TPSA) is 78.3 Å². The third kappa shape index (κ3) is 3.52. The Labute approximate surface area is 164 Å². The Bertz CT molecular complexity index is 974. The highest BCUT2D eigenvalue weighted by Gasteiger charge is 2.29. The minimum atomic E-state index is -0.260. The van der Waals surface area contributed by atoms with E-state index in [9.17, 15) is 4.79 Å². The smallest absolute Gasteiger partial charge is 0.229 e. The number of ether oxygens (including phenoxy) is 2. The molecule has 2 aromatic carbocycles. The molecule has 7 nitrogen and oxygen atoms in total. The van der Waals surface area contributed by atoms with E-state index in [0.29, 0.717) is 24.1 Å². The third-order valence-corrected chi connectivity index (χ3v) is 4.95. The highest BCUT2D eigenvalue weighted by Crippen LogP contribution is 2.40. The van der Waals surface area contributed by atoms with Gasteiger partial charge in [-0.25, -0.2) is 4.68 Å². The zero-order valence-electron chi connectivity index (χ0n) is 14.6. The average molecular weight is 429 g/mol. The van der Waals surface area contributed by atoms with Crippen molar-refractivity contribution < 1.29 is 14.3 Å². The monoisotopic (exact) mass is 428 g/mol. The standard InChI is InChI=1S/C19H17BrN4O3/c1-26-16-8-13(15-9-17(25)23-19-21-11-22-24(15)19)7-14(20)18(16)27-10-12-5-3-2-4-6-12/h2-8,11,15H,9-10H2,1H3,(H,21,22,23,25). The molecule has 8 heteroatoms. The Hall–Kier alpha value is -2.87. The summed E-state index contributed by atoms with van der Waals surface area (Å²) in [4.78, 5) is 16.1. The largest absolute Gasteiger partial charge is 0.493 e. The van der Waals surface area contributed by atoms with E-state index >= 15 is 0 Å². The summed E-state index contributed by atoms with van der Waals surface area (Å²) in [6, 6.07) is 13.5. The molecular formula is C19H17BrN4O3. The normalized spacial score (nSPS) is 15.8. The molecule has 0 radical (unpaired) electrons. The third-order valence-electron chi connectivity index (χ3n) is 4.36. The summed E-state index contributed by atoms with van der Waals surface area (Å²) in [6.45, 7) is 0.425. The molecule has 0 saturated heterocycles. The van der Waals surface area contributed by atoms with E-state index in [1.807, 2.05) is 42.5 Å². The number of carbonyl (C=O) groups excluding carboxylic acids is 1. The van der Waals surface area contributed by atoms with Crippen LogP contribution in [-0.4, -0.2) is 27.8 Å². The van der Waals surface area contributed by atoms with Crippen molar-refractivity contribution in [3.05, 3.63) is 64.4 Å². The van der Waals surface area contributed by atoms with Crippen LogP contribution in [0.5, 0.6) is 11.5 Å². The van der Waals surface area contributed by atoms with Gasteiger partial charge in [0.1, 0.15) is 12.9 Å². The number of benzene rings is 2. The number of fused-ring (bicyclic) bond motifs is 1. The maximum Gasteiger partial charge on any atom is 0.229 e. The molecule has 4 rings (SSSR count). The van der Waals surface area contributed by atoms with E-state index in [4.69, 9.17) is 9.47 Å². The van der Waals surface area contributed by atoms with Gasteiger partial charge in [-0.1, -0.05) is 30.3 Å². The number of nitrogens with zero attached hydrogens (tertiary/aromatic N) is 3. The van der Waals surface area contributed by atoms with Gasteiger partial charge in [0.2, 0.25) is 11.9 Å². The van der Waals surface area contributed by atoms with Crippen molar-refractivity contribution in [2.24, 2.45) is 0 Å². The van der Waals surface area contributed by atoms with Crippen LogP contribution in [0.4, 0.5) is 5.95 Å². The molecule has 1 aromatic heterocycles. The SMILES string of the molecule is COc1cc(C2CC(=O)Nc3ncnn32)cc(Br)c1OCc1ccccc1. The number of amides is 1. The number of rotatable bonds is 5. The van der Waals surface area contributed by atoms with Crippen molar-refractivity contribution in [2.75, 3.05) is 12.4 Å². The van der Waals surface area contributed by atoms with Gasteiger partial charge in [0.25, 0.3) is 0 Å². The molecular weight excluding hydrogens is 412 g/mol. The summed E-state index contributed by atoms with van der Waals surface area (Å²) in [5.74, 6) is 1.54. The maximum atomic E-state index is 12.0. The molecule has 1 aliphatic heterocycles. The van der Waals surface area contributed by atoms with Gasteiger partial charge in [-0.2, -0.15) is 10.1 Å². The lowest BCUT2D eigenvalue weighted by atomic mass is 10.0. The van der Waals surface area contributed by atoms with Crippen LogP contribution in [0.1, 0.15) is 23.6 Å². The quantitative estimate of drug-likeness (QED) is 0.671. The lowest BCUT2D eigenvalue weighted by Gasteiger charge is -2.25. The molecule has 27 heavy (non-hydrogen) atoms. The summed E-state index contributed by atoms with van der Waals surface area (Å²) in [6.07, 6.45) is 1.70. The van der Waals surface area contributed by atoms with Gasteiger partial charge in [-0.15, -0.1) is 0 Å². The van der Waals surface area contributed by atoms with Crippen LogP contribution >= 0.6 is 15.9 Å². The van der Waals surface area contributed by atoms with Crippen molar-refractivity contribution in [1.29, 1.82) is 0 Å².